The van der Waals surface area contributed by atoms with Gasteiger partial charge in [-0.15, -0.1) is 5.01 Å². The first-order valence-corrected chi connectivity index (χ1v) is 12.6. The van der Waals surface area contributed by atoms with Gasteiger partial charge < -0.3 is 24.2 Å². The van der Waals surface area contributed by atoms with Crippen molar-refractivity contribution in [2.75, 3.05) is 40.5 Å². The van der Waals surface area contributed by atoms with Crippen molar-refractivity contribution >= 4 is 23.2 Å². The SMILES string of the molecule is COc1ccc(/C=C/C(=O)c2cccc(Oc3cc(O/N=[N+](\[O-])N4CCOCC4)c([N+](=O)[O-])cc3[N+](=O)[O-])c2)cc1OC. The van der Waals surface area contributed by atoms with E-state index in [9.17, 15) is 30.2 Å². The number of ether oxygens (including phenoxy) is 4. The van der Waals surface area contributed by atoms with Crippen molar-refractivity contribution in [3.8, 4) is 28.7 Å². The Morgan fingerprint density at radius 2 is 1.58 bits per heavy atom. The van der Waals surface area contributed by atoms with Crippen molar-refractivity contribution in [3.05, 3.63) is 97.2 Å². The van der Waals surface area contributed by atoms with Gasteiger partial charge in [-0.3, -0.25) is 29.9 Å². The van der Waals surface area contributed by atoms with Crippen LogP contribution in [0.4, 0.5) is 11.4 Å². The maximum absolute atomic E-state index is 12.9. The van der Waals surface area contributed by atoms with E-state index in [1.807, 2.05) is 0 Å². The summed E-state index contributed by atoms with van der Waals surface area (Å²) in [6.07, 6.45) is 2.90. The second-order valence-corrected chi connectivity index (χ2v) is 8.74. The molecule has 1 fully saturated rings. The number of hydrogen-bond acceptors (Lipinski definition) is 12. The van der Waals surface area contributed by atoms with Crippen molar-refractivity contribution in [2.24, 2.45) is 5.28 Å². The van der Waals surface area contributed by atoms with Gasteiger partial charge in [0.1, 0.15) is 24.9 Å². The molecule has 16 nitrogen and oxygen atoms in total. The number of carbonyl (C=O) groups excluding carboxylic acids is 1. The van der Waals surface area contributed by atoms with Gasteiger partial charge in [0.25, 0.3) is 0 Å². The third kappa shape index (κ3) is 7.50. The van der Waals surface area contributed by atoms with E-state index in [-0.39, 0.29) is 42.6 Å². The number of hydrazine groups is 1. The lowest BCUT2D eigenvalue weighted by atomic mass is 10.1. The highest BCUT2D eigenvalue weighted by Crippen LogP contribution is 2.41. The summed E-state index contributed by atoms with van der Waals surface area (Å²) in [4.78, 5) is 39.5. The van der Waals surface area contributed by atoms with Crippen LogP contribution < -0.4 is 19.0 Å². The van der Waals surface area contributed by atoms with Gasteiger partial charge >= 0.3 is 11.4 Å². The van der Waals surface area contributed by atoms with E-state index in [1.165, 1.54) is 49.6 Å². The van der Waals surface area contributed by atoms with Gasteiger partial charge in [-0.25, -0.2) is 0 Å². The molecule has 1 saturated heterocycles. The Balaban J connectivity index is 1.59. The van der Waals surface area contributed by atoms with Crippen molar-refractivity contribution < 1.29 is 43.4 Å². The fraction of sp³-hybridized carbons (Fsp3) is 0.222. The summed E-state index contributed by atoms with van der Waals surface area (Å²) in [7, 11) is 3.00. The fourth-order valence-electron chi connectivity index (χ4n) is 3.90. The van der Waals surface area contributed by atoms with Crippen LogP contribution in [0.25, 0.3) is 6.08 Å². The number of nitrogens with zero attached hydrogens (tertiary/aromatic N) is 5. The molecule has 3 aromatic rings. The van der Waals surface area contributed by atoms with Gasteiger partial charge in [0.2, 0.25) is 16.8 Å². The normalized spacial score (nSPS) is 13.4. The lowest BCUT2D eigenvalue weighted by molar-refractivity contribution is -0.710. The number of allylic oxidation sites excluding steroid dienone is 1. The molecule has 0 atom stereocenters. The third-order valence-corrected chi connectivity index (χ3v) is 6.05. The minimum absolute atomic E-state index is 0.0176. The molecule has 1 aliphatic rings. The first-order valence-electron chi connectivity index (χ1n) is 12.6. The molecule has 0 unspecified atom stereocenters. The summed E-state index contributed by atoms with van der Waals surface area (Å²) >= 11 is 0. The highest BCUT2D eigenvalue weighted by molar-refractivity contribution is 6.07. The Kier molecular flexibility index (Phi) is 9.64. The van der Waals surface area contributed by atoms with Gasteiger partial charge in [0.15, 0.2) is 17.3 Å². The van der Waals surface area contributed by atoms with E-state index in [2.05, 4.69) is 5.28 Å². The Hall–Kier alpha value is -5.77. The van der Waals surface area contributed by atoms with Crippen LogP contribution in [0, 0.1) is 25.4 Å². The average molecular weight is 596 g/mol. The van der Waals surface area contributed by atoms with Crippen molar-refractivity contribution in [3.63, 3.8) is 0 Å². The number of ketones is 1. The standard InChI is InChI=1S/C27H25N5O11/c1-39-24-9-7-18(14-27(24)40-2)6-8-23(33)19-4-3-5-20(15-19)42-25-17-26(22(31(36)37)16-21(25)30(34)35)43-28-32(38)29-10-12-41-13-11-29/h3-9,14-17H,10-13H2,1-2H3/b8-6+,32-28-. The summed E-state index contributed by atoms with van der Waals surface area (Å²) in [6, 6.07) is 12.4. The van der Waals surface area contributed by atoms with Crippen LogP contribution in [0.3, 0.4) is 0 Å². The fourth-order valence-corrected chi connectivity index (χ4v) is 3.90. The molecule has 1 aliphatic heterocycles. The number of nitro benzene ring substituents is 2. The van der Waals surface area contributed by atoms with Crippen molar-refractivity contribution in [1.29, 1.82) is 0 Å². The molecule has 1 heterocycles. The maximum atomic E-state index is 12.9. The Morgan fingerprint density at radius 1 is 0.884 bits per heavy atom. The van der Waals surface area contributed by atoms with Crippen LogP contribution in [-0.2, 0) is 4.74 Å². The minimum Gasteiger partial charge on any atom is -0.569 e. The second-order valence-electron chi connectivity index (χ2n) is 8.74. The molecule has 0 N–H and O–H groups in total. The topological polar surface area (TPSA) is 191 Å². The number of rotatable bonds is 12. The third-order valence-electron chi connectivity index (χ3n) is 6.05. The molecule has 224 valence electrons. The number of nitro groups is 2. The lowest BCUT2D eigenvalue weighted by Crippen LogP contribution is -2.40. The van der Waals surface area contributed by atoms with Crippen molar-refractivity contribution in [2.45, 2.75) is 0 Å². The molecule has 0 spiro atoms. The van der Waals surface area contributed by atoms with Gasteiger partial charge in [-0.1, -0.05) is 24.3 Å². The second kappa shape index (κ2) is 13.7. The van der Waals surface area contributed by atoms with E-state index >= 15 is 0 Å². The van der Waals surface area contributed by atoms with E-state index in [4.69, 9.17) is 23.8 Å². The van der Waals surface area contributed by atoms with Gasteiger partial charge in [0.05, 0.1) is 42.2 Å². The summed E-state index contributed by atoms with van der Waals surface area (Å²) in [6.45, 7) is 0.978. The average Bonchev–Trinajstić information content (AvgIpc) is 3.02. The number of hydrogen-bond donors (Lipinski definition) is 0. The smallest absolute Gasteiger partial charge is 0.321 e. The molecular formula is C27H25N5O11. The van der Waals surface area contributed by atoms with E-state index < -0.39 is 38.5 Å². The molecule has 0 saturated carbocycles. The zero-order valence-corrected chi connectivity index (χ0v) is 22.9. The van der Waals surface area contributed by atoms with E-state index in [0.717, 1.165) is 6.07 Å². The van der Waals surface area contributed by atoms with Crippen molar-refractivity contribution in [1.82, 2.24) is 5.01 Å². The predicted molar refractivity (Wildman–Crippen MR) is 148 cm³/mol. The molecular weight excluding hydrogens is 570 g/mol. The monoisotopic (exact) mass is 595 g/mol. The zero-order chi connectivity index (χ0) is 30.9. The van der Waals surface area contributed by atoms with Crippen LogP contribution in [-0.4, -0.2) is 66.1 Å². The number of carbonyl (C=O) groups is 1. The van der Waals surface area contributed by atoms with Crippen LogP contribution in [0.15, 0.2) is 66.0 Å². The lowest BCUT2D eigenvalue weighted by Gasteiger charge is -2.21. The number of methoxy groups -OCH3 is 2. The summed E-state index contributed by atoms with van der Waals surface area (Å²) in [5.74, 6) is -0.401. The van der Waals surface area contributed by atoms with Crippen LogP contribution in [0.2, 0.25) is 0 Å². The first-order chi connectivity index (χ1) is 20.7. The van der Waals surface area contributed by atoms with Gasteiger partial charge in [-0.05, 0) is 35.9 Å². The maximum Gasteiger partial charge on any atom is 0.321 e. The van der Waals surface area contributed by atoms with Crippen LogP contribution >= 0.6 is 0 Å². The number of morpholine rings is 1. The summed E-state index contributed by atoms with van der Waals surface area (Å²) in [5, 5.41) is 40.2. The Labute approximate surface area is 243 Å². The van der Waals surface area contributed by atoms with E-state index in [0.29, 0.717) is 23.1 Å². The molecule has 0 radical (unpaired) electrons. The minimum atomic E-state index is -0.921. The molecule has 0 aliphatic carbocycles. The summed E-state index contributed by atoms with van der Waals surface area (Å²) < 4.78 is 21.3. The largest absolute Gasteiger partial charge is 0.569 e. The highest BCUT2D eigenvalue weighted by Gasteiger charge is 2.29. The Morgan fingerprint density at radius 3 is 2.26 bits per heavy atom. The molecule has 16 heteroatoms. The van der Waals surface area contributed by atoms with E-state index in [1.54, 1.807) is 24.3 Å². The Bertz CT molecular complexity index is 1590. The first kappa shape index (κ1) is 30.2. The van der Waals surface area contributed by atoms with Crippen LogP contribution in [0.1, 0.15) is 15.9 Å². The molecule has 0 aromatic heterocycles. The molecule has 43 heavy (non-hydrogen) atoms. The number of benzene rings is 3. The predicted octanol–water partition coefficient (Wildman–Crippen LogP) is 4.71. The van der Waals surface area contributed by atoms with Gasteiger partial charge in [-0.2, -0.15) is 0 Å². The molecule has 0 bridgehead atoms. The van der Waals surface area contributed by atoms with Crippen LogP contribution in [0.5, 0.6) is 28.7 Å². The quantitative estimate of drug-likeness (QED) is 0.0700. The molecule has 0 amide bonds. The molecule has 3 aromatic carbocycles. The highest BCUT2D eigenvalue weighted by atomic mass is 16.7. The van der Waals surface area contributed by atoms with Gasteiger partial charge in [0, 0.05) is 11.6 Å². The summed E-state index contributed by atoms with van der Waals surface area (Å²) in [5.41, 5.74) is -0.709. The molecule has 4 rings (SSSR count). The zero-order valence-electron chi connectivity index (χ0n) is 22.9.